The summed E-state index contributed by atoms with van der Waals surface area (Å²) >= 11 is 0. The third-order valence-electron chi connectivity index (χ3n) is 5.80. The lowest BCUT2D eigenvalue weighted by atomic mass is 9.86. The second-order valence-electron chi connectivity index (χ2n) is 9.10. The number of nitrogens with one attached hydrogen (secondary N) is 2. The van der Waals surface area contributed by atoms with Crippen molar-refractivity contribution >= 4 is 15.7 Å². The zero-order valence-corrected chi connectivity index (χ0v) is 18.8. The lowest BCUT2D eigenvalue weighted by Gasteiger charge is -2.31. The normalized spacial score (nSPS) is 19.8. The Morgan fingerprint density at radius 2 is 1.47 bits per heavy atom. The van der Waals surface area contributed by atoms with Crippen LogP contribution in [0.5, 0.6) is 0 Å². The molecular weight excluding hydrogens is 394 g/mol. The van der Waals surface area contributed by atoms with E-state index in [0.717, 1.165) is 49.0 Å². The van der Waals surface area contributed by atoms with E-state index >= 15 is 0 Å². The van der Waals surface area contributed by atoms with Crippen LogP contribution in [-0.2, 0) is 10.0 Å². The van der Waals surface area contributed by atoms with Gasteiger partial charge in [-0.2, -0.15) is 5.26 Å². The molecule has 1 fully saturated rings. The zero-order valence-electron chi connectivity index (χ0n) is 18.0. The van der Waals surface area contributed by atoms with Crippen molar-refractivity contribution in [3.05, 3.63) is 54.1 Å². The van der Waals surface area contributed by atoms with Crippen molar-refractivity contribution in [2.24, 2.45) is 5.92 Å². The van der Waals surface area contributed by atoms with Crippen molar-refractivity contribution in [1.82, 2.24) is 4.72 Å². The van der Waals surface area contributed by atoms with E-state index in [1.54, 1.807) is 20.8 Å². The fraction of sp³-hybridized carbons (Fsp3) is 0.458. The van der Waals surface area contributed by atoms with Gasteiger partial charge >= 0.3 is 0 Å². The maximum Gasteiger partial charge on any atom is 0.216 e. The molecule has 3 rings (SSSR count). The Morgan fingerprint density at radius 3 is 1.97 bits per heavy atom. The van der Waals surface area contributed by atoms with Crippen molar-refractivity contribution in [3.63, 3.8) is 0 Å². The third-order valence-corrected chi connectivity index (χ3v) is 8.06. The van der Waals surface area contributed by atoms with Crippen molar-refractivity contribution in [1.29, 1.82) is 5.26 Å². The lowest BCUT2D eigenvalue weighted by Crippen LogP contribution is -2.46. The molecule has 0 unspecified atom stereocenters. The molecule has 160 valence electrons. The summed E-state index contributed by atoms with van der Waals surface area (Å²) < 4.78 is 26.8. The van der Waals surface area contributed by atoms with E-state index in [4.69, 9.17) is 5.26 Å². The van der Waals surface area contributed by atoms with Crippen LogP contribution in [0.15, 0.2) is 48.5 Å². The van der Waals surface area contributed by atoms with Crippen LogP contribution in [0, 0.1) is 17.2 Å². The molecule has 0 heterocycles. The minimum Gasteiger partial charge on any atom is -0.385 e. The van der Waals surface area contributed by atoms with E-state index in [2.05, 4.69) is 40.4 Å². The second kappa shape index (κ2) is 9.20. The molecule has 0 aliphatic heterocycles. The van der Waals surface area contributed by atoms with Crippen LogP contribution in [0.25, 0.3) is 11.1 Å². The maximum absolute atomic E-state index is 12.3. The Morgan fingerprint density at radius 1 is 0.933 bits per heavy atom. The second-order valence-corrected chi connectivity index (χ2v) is 11.6. The van der Waals surface area contributed by atoms with Gasteiger partial charge in [0.15, 0.2) is 0 Å². The molecule has 1 aliphatic carbocycles. The van der Waals surface area contributed by atoms with Gasteiger partial charge in [0.2, 0.25) is 10.0 Å². The van der Waals surface area contributed by atoms with Crippen molar-refractivity contribution in [2.45, 2.75) is 57.2 Å². The predicted molar refractivity (Wildman–Crippen MR) is 123 cm³/mol. The highest BCUT2D eigenvalue weighted by Crippen LogP contribution is 2.27. The van der Waals surface area contributed by atoms with Gasteiger partial charge in [-0.15, -0.1) is 0 Å². The fourth-order valence-electron chi connectivity index (χ4n) is 3.66. The monoisotopic (exact) mass is 425 g/mol. The van der Waals surface area contributed by atoms with Crippen LogP contribution in [0.4, 0.5) is 5.69 Å². The molecule has 0 atom stereocenters. The summed E-state index contributed by atoms with van der Waals surface area (Å²) in [6.07, 6.45) is 3.82. The molecule has 0 aromatic heterocycles. The number of hydrogen-bond acceptors (Lipinski definition) is 4. The van der Waals surface area contributed by atoms with Gasteiger partial charge in [0, 0.05) is 18.3 Å². The minimum absolute atomic E-state index is 0.0529. The van der Waals surface area contributed by atoms with Crippen molar-refractivity contribution in [2.75, 3.05) is 11.9 Å². The molecule has 2 aromatic carbocycles. The number of rotatable bonds is 6. The van der Waals surface area contributed by atoms with Crippen molar-refractivity contribution in [3.8, 4) is 17.2 Å². The predicted octanol–water partition coefficient (Wildman–Crippen LogP) is 4.91. The molecule has 6 heteroatoms. The number of benzene rings is 2. The van der Waals surface area contributed by atoms with Crippen molar-refractivity contribution < 1.29 is 8.42 Å². The summed E-state index contributed by atoms with van der Waals surface area (Å²) in [7, 11) is -3.28. The molecule has 0 bridgehead atoms. The molecule has 1 saturated carbocycles. The first-order chi connectivity index (χ1) is 14.2. The van der Waals surface area contributed by atoms with Crippen LogP contribution in [0.2, 0.25) is 0 Å². The summed E-state index contributed by atoms with van der Waals surface area (Å²) in [6.45, 7) is 6.10. The highest BCUT2D eigenvalue weighted by atomic mass is 32.2. The first kappa shape index (κ1) is 22.3. The standard InChI is InChI=1S/C24H31N3O2S/c1-24(2,3)30(28,29)27-23-12-6-19(7-13-23)17-26-22-14-10-21(11-15-22)20-8-4-18(16-25)5-9-20/h4-5,8-11,14-15,19,23,26-27H,6-7,12-13,17H2,1-3H3/t19-,23-. The Kier molecular flexibility index (Phi) is 6.84. The maximum atomic E-state index is 12.3. The molecule has 2 N–H and O–H groups in total. The number of nitriles is 1. The van der Waals surface area contributed by atoms with Crippen LogP contribution in [0.1, 0.15) is 52.0 Å². The summed E-state index contributed by atoms with van der Waals surface area (Å²) in [6, 6.07) is 18.1. The van der Waals surface area contributed by atoms with Gasteiger partial charge in [-0.3, -0.25) is 0 Å². The number of sulfonamides is 1. The lowest BCUT2D eigenvalue weighted by molar-refractivity contribution is 0.322. The molecule has 0 saturated heterocycles. The smallest absolute Gasteiger partial charge is 0.216 e. The summed E-state index contributed by atoms with van der Waals surface area (Å²) in [4.78, 5) is 0. The van der Waals surface area contributed by atoms with Gasteiger partial charge in [0.25, 0.3) is 0 Å². The van der Waals surface area contributed by atoms with E-state index in [9.17, 15) is 8.42 Å². The Hall–Kier alpha value is -2.36. The topological polar surface area (TPSA) is 82.0 Å². The number of nitrogens with zero attached hydrogens (tertiary/aromatic N) is 1. The zero-order chi connectivity index (χ0) is 21.8. The third kappa shape index (κ3) is 5.62. The summed E-state index contributed by atoms with van der Waals surface area (Å²) in [5, 5.41) is 12.4. The first-order valence-electron chi connectivity index (χ1n) is 10.5. The first-order valence-corrected chi connectivity index (χ1v) is 12.0. The largest absolute Gasteiger partial charge is 0.385 e. The molecule has 2 aromatic rings. The van der Waals surface area contributed by atoms with Gasteiger partial charge in [0.1, 0.15) is 0 Å². The average Bonchev–Trinajstić information content (AvgIpc) is 2.73. The number of hydrogen-bond donors (Lipinski definition) is 2. The molecule has 0 radical (unpaired) electrons. The highest BCUT2D eigenvalue weighted by Gasteiger charge is 2.32. The van der Waals surface area contributed by atoms with Crippen LogP contribution >= 0.6 is 0 Å². The Bertz CT molecular complexity index is 977. The quantitative estimate of drug-likeness (QED) is 0.689. The van der Waals surface area contributed by atoms with E-state index in [1.807, 2.05) is 24.3 Å². The Labute approximate surface area is 180 Å². The molecule has 1 aliphatic rings. The number of anilines is 1. The van der Waals surface area contributed by atoms with Crippen LogP contribution in [0.3, 0.4) is 0 Å². The van der Waals surface area contributed by atoms with Gasteiger partial charge in [-0.05, 0) is 87.8 Å². The van der Waals surface area contributed by atoms with E-state index in [-0.39, 0.29) is 6.04 Å². The van der Waals surface area contributed by atoms with E-state index in [0.29, 0.717) is 11.5 Å². The van der Waals surface area contributed by atoms with Gasteiger partial charge < -0.3 is 5.32 Å². The average molecular weight is 426 g/mol. The highest BCUT2D eigenvalue weighted by molar-refractivity contribution is 7.90. The van der Waals surface area contributed by atoms with Crippen LogP contribution < -0.4 is 10.0 Å². The van der Waals surface area contributed by atoms with Crippen LogP contribution in [-0.4, -0.2) is 25.8 Å². The fourth-order valence-corrected chi connectivity index (χ4v) is 4.69. The molecule has 30 heavy (non-hydrogen) atoms. The molecule has 0 spiro atoms. The molecular formula is C24H31N3O2S. The minimum atomic E-state index is -3.28. The Balaban J connectivity index is 1.47. The SMILES string of the molecule is CC(C)(C)S(=O)(=O)N[C@H]1CC[C@H](CNc2ccc(-c3ccc(C#N)cc3)cc2)CC1. The van der Waals surface area contributed by atoms with E-state index < -0.39 is 14.8 Å². The van der Waals surface area contributed by atoms with E-state index in [1.165, 1.54) is 0 Å². The van der Waals surface area contributed by atoms with Gasteiger partial charge in [0.05, 0.1) is 16.4 Å². The summed E-state index contributed by atoms with van der Waals surface area (Å²) in [5.41, 5.74) is 3.97. The van der Waals surface area contributed by atoms with Gasteiger partial charge in [-0.1, -0.05) is 24.3 Å². The summed E-state index contributed by atoms with van der Waals surface area (Å²) in [5.74, 6) is 0.554. The molecule has 5 nitrogen and oxygen atoms in total. The van der Waals surface area contributed by atoms with Gasteiger partial charge in [-0.25, -0.2) is 13.1 Å². The molecule has 0 amide bonds.